The molecule has 0 heteroatoms. The Kier molecular flexibility index (Phi) is 1.59. The van der Waals surface area contributed by atoms with Gasteiger partial charge >= 0.3 is 0 Å². The van der Waals surface area contributed by atoms with Gasteiger partial charge < -0.3 is 0 Å². The summed E-state index contributed by atoms with van der Waals surface area (Å²) in [6.07, 6.45) is 7.98. The van der Waals surface area contributed by atoms with Crippen molar-refractivity contribution in [3.8, 4) is 0 Å². The molecule has 0 heterocycles. The van der Waals surface area contributed by atoms with Crippen LogP contribution in [-0.2, 0) is 0 Å². The van der Waals surface area contributed by atoms with Crippen LogP contribution < -0.4 is 0 Å². The van der Waals surface area contributed by atoms with Gasteiger partial charge in [-0.05, 0) is 31.1 Å². The van der Waals surface area contributed by atoms with Gasteiger partial charge in [-0.25, -0.2) is 0 Å². The Bertz CT molecular complexity index is 70.1. The second kappa shape index (κ2) is 2.08. The summed E-state index contributed by atoms with van der Waals surface area (Å²) in [5, 5.41) is 0. The maximum atomic E-state index is 2.45. The summed E-state index contributed by atoms with van der Waals surface area (Å²) >= 11 is 0. The quantitative estimate of drug-likeness (QED) is 0.514. The van der Waals surface area contributed by atoms with Gasteiger partial charge in [-0.15, -0.1) is 0 Å². The van der Waals surface area contributed by atoms with Gasteiger partial charge in [0.25, 0.3) is 0 Å². The molecule has 0 aliphatic heterocycles. The van der Waals surface area contributed by atoms with E-state index in [2.05, 4.69) is 20.3 Å². The van der Waals surface area contributed by atoms with Crippen molar-refractivity contribution in [2.45, 2.75) is 39.5 Å². The summed E-state index contributed by atoms with van der Waals surface area (Å²) in [5.74, 6) is 0. The molecule has 0 spiro atoms. The fraction of sp³-hybridized carbons (Fsp3) is 0.875. The maximum absolute atomic E-state index is 2.45. The predicted octanol–water partition coefficient (Wildman–Crippen LogP) is 2.79. The first-order valence-corrected chi connectivity index (χ1v) is 3.61. The number of hydrogen-bond donors (Lipinski definition) is 0. The summed E-state index contributed by atoms with van der Waals surface area (Å²) in [6, 6.07) is 0. The standard InChI is InChI=1S/C8H15/c1-3-5-8(2)6-4-7-8/h6H,3-5,7H2,1-2H3. The highest BCUT2D eigenvalue weighted by molar-refractivity contribution is 4.98. The molecule has 1 unspecified atom stereocenters. The molecule has 1 saturated carbocycles. The van der Waals surface area contributed by atoms with Crippen LogP contribution in [0.4, 0.5) is 0 Å². The van der Waals surface area contributed by atoms with E-state index < -0.39 is 0 Å². The fourth-order valence-corrected chi connectivity index (χ4v) is 1.44. The molecule has 1 fully saturated rings. The molecule has 0 bridgehead atoms. The van der Waals surface area contributed by atoms with E-state index in [0.717, 1.165) is 0 Å². The Morgan fingerprint density at radius 1 is 1.62 bits per heavy atom. The highest BCUT2D eigenvalue weighted by Gasteiger charge is 2.30. The number of hydrogen-bond acceptors (Lipinski definition) is 0. The monoisotopic (exact) mass is 111 g/mol. The lowest BCUT2D eigenvalue weighted by Gasteiger charge is -2.37. The molecule has 0 saturated heterocycles. The zero-order valence-electron chi connectivity index (χ0n) is 5.91. The van der Waals surface area contributed by atoms with E-state index in [9.17, 15) is 0 Å². The van der Waals surface area contributed by atoms with E-state index >= 15 is 0 Å². The minimum atomic E-state index is 0.648. The number of rotatable bonds is 2. The third kappa shape index (κ3) is 1.04. The molecule has 1 aliphatic rings. The third-order valence-electron chi connectivity index (χ3n) is 2.17. The van der Waals surface area contributed by atoms with Crippen molar-refractivity contribution >= 4 is 0 Å². The van der Waals surface area contributed by atoms with E-state index in [-0.39, 0.29) is 0 Å². The fourth-order valence-electron chi connectivity index (χ4n) is 1.44. The molecule has 1 radical (unpaired) electrons. The zero-order chi connectivity index (χ0) is 6.04. The summed E-state index contributed by atoms with van der Waals surface area (Å²) < 4.78 is 0. The SMILES string of the molecule is CCCC1(C)[CH]CC1. The molecule has 0 nitrogen and oxygen atoms in total. The van der Waals surface area contributed by atoms with E-state index in [0.29, 0.717) is 5.41 Å². The summed E-state index contributed by atoms with van der Waals surface area (Å²) in [7, 11) is 0. The van der Waals surface area contributed by atoms with E-state index in [1.54, 1.807) is 0 Å². The molecular formula is C8H15. The Labute approximate surface area is 52.3 Å². The Balaban J connectivity index is 2.20. The molecule has 1 atom stereocenters. The van der Waals surface area contributed by atoms with Gasteiger partial charge in [-0.3, -0.25) is 0 Å². The van der Waals surface area contributed by atoms with E-state index in [1.807, 2.05) is 0 Å². The largest absolute Gasteiger partial charge is 0.0654 e. The van der Waals surface area contributed by atoms with Crippen LogP contribution in [0.25, 0.3) is 0 Å². The molecule has 0 aromatic heterocycles. The van der Waals surface area contributed by atoms with Crippen LogP contribution in [-0.4, -0.2) is 0 Å². The lowest BCUT2D eigenvalue weighted by molar-refractivity contribution is 0.237. The van der Waals surface area contributed by atoms with Gasteiger partial charge in [0.2, 0.25) is 0 Å². The second-order valence-corrected chi connectivity index (χ2v) is 3.15. The van der Waals surface area contributed by atoms with Crippen LogP contribution >= 0.6 is 0 Å². The van der Waals surface area contributed by atoms with Crippen LogP contribution in [0.2, 0.25) is 0 Å². The lowest BCUT2D eigenvalue weighted by atomic mass is 9.68. The summed E-state index contributed by atoms with van der Waals surface area (Å²) in [5.41, 5.74) is 0.648. The third-order valence-corrected chi connectivity index (χ3v) is 2.17. The Morgan fingerprint density at radius 3 is 2.38 bits per heavy atom. The predicted molar refractivity (Wildman–Crippen MR) is 36.5 cm³/mol. The molecule has 1 rings (SSSR count). The van der Waals surface area contributed by atoms with Gasteiger partial charge in [0.05, 0.1) is 0 Å². The van der Waals surface area contributed by atoms with Gasteiger partial charge in [0.1, 0.15) is 0 Å². The van der Waals surface area contributed by atoms with Crippen molar-refractivity contribution in [2.75, 3.05) is 0 Å². The molecule has 1 aliphatic carbocycles. The smallest absolute Gasteiger partial charge is 0.0295 e. The van der Waals surface area contributed by atoms with Crippen LogP contribution in [0.3, 0.4) is 0 Å². The average Bonchev–Trinajstić information content (AvgIpc) is 1.64. The molecule has 0 amide bonds. The van der Waals surface area contributed by atoms with Crippen LogP contribution in [0.5, 0.6) is 0 Å². The van der Waals surface area contributed by atoms with Gasteiger partial charge in [0, 0.05) is 0 Å². The van der Waals surface area contributed by atoms with Crippen molar-refractivity contribution < 1.29 is 0 Å². The van der Waals surface area contributed by atoms with Crippen molar-refractivity contribution in [1.82, 2.24) is 0 Å². The first kappa shape index (κ1) is 6.12. The highest BCUT2D eigenvalue weighted by Crippen LogP contribution is 2.42. The molecule has 47 valence electrons. The molecule has 8 heavy (non-hydrogen) atoms. The Morgan fingerprint density at radius 2 is 2.25 bits per heavy atom. The molecule has 0 N–H and O–H groups in total. The molecule has 0 aromatic carbocycles. The van der Waals surface area contributed by atoms with Crippen molar-refractivity contribution in [3.05, 3.63) is 6.42 Å². The minimum Gasteiger partial charge on any atom is -0.0654 e. The van der Waals surface area contributed by atoms with Crippen molar-refractivity contribution in [2.24, 2.45) is 5.41 Å². The van der Waals surface area contributed by atoms with E-state index in [1.165, 1.54) is 25.7 Å². The van der Waals surface area contributed by atoms with E-state index in [4.69, 9.17) is 0 Å². The highest BCUT2D eigenvalue weighted by atomic mass is 14.3. The molecular weight excluding hydrogens is 96.1 g/mol. The zero-order valence-corrected chi connectivity index (χ0v) is 5.91. The van der Waals surface area contributed by atoms with Gasteiger partial charge in [0.15, 0.2) is 0 Å². The van der Waals surface area contributed by atoms with Crippen LogP contribution in [0.1, 0.15) is 39.5 Å². The summed E-state index contributed by atoms with van der Waals surface area (Å²) in [6.45, 7) is 4.62. The van der Waals surface area contributed by atoms with Crippen LogP contribution in [0.15, 0.2) is 0 Å². The van der Waals surface area contributed by atoms with Crippen molar-refractivity contribution in [3.63, 3.8) is 0 Å². The minimum absolute atomic E-state index is 0.648. The topological polar surface area (TPSA) is 0 Å². The lowest BCUT2D eigenvalue weighted by Crippen LogP contribution is -2.25. The maximum Gasteiger partial charge on any atom is -0.0295 e. The second-order valence-electron chi connectivity index (χ2n) is 3.15. The summed E-state index contributed by atoms with van der Waals surface area (Å²) in [4.78, 5) is 0. The average molecular weight is 111 g/mol. The van der Waals surface area contributed by atoms with Crippen molar-refractivity contribution in [1.29, 1.82) is 0 Å². The molecule has 0 aromatic rings. The van der Waals surface area contributed by atoms with Gasteiger partial charge in [-0.1, -0.05) is 20.3 Å². The van der Waals surface area contributed by atoms with Crippen LogP contribution in [0, 0.1) is 11.8 Å². The van der Waals surface area contributed by atoms with Gasteiger partial charge in [-0.2, -0.15) is 0 Å². The normalized spacial score (nSPS) is 24.8. The first-order valence-electron chi connectivity index (χ1n) is 3.61. The Hall–Kier alpha value is 0. The first-order chi connectivity index (χ1) is 3.77.